The molecule has 1 saturated heterocycles. The van der Waals surface area contributed by atoms with E-state index in [-0.39, 0.29) is 17.5 Å². The van der Waals surface area contributed by atoms with E-state index in [2.05, 4.69) is 5.32 Å². The van der Waals surface area contributed by atoms with E-state index in [1.807, 2.05) is 49.2 Å². The minimum atomic E-state index is -2.97. The third-order valence-corrected chi connectivity index (χ3v) is 6.06. The van der Waals surface area contributed by atoms with E-state index in [1.54, 1.807) is 0 Å². The topological polar surface area (TPSA) is 52.7 Å². The summed E-state index contributed by atoms with van der Waals surface area (Å²) in [7, 11) is 0.727. The van der Waals surface area contributed by atoms with Crippen LogP contribution in [0.3, 0.4) is 0 Å². The van der Waals surface area contributed by atoms with Crippen molar-refractivity contribution in [3.63, 3.8) is 0 Å². The monoisotopic (exact) mass is 361 g/mol. The molecule has 1 N–H and O–H groups in total. The first-order valence-corrected chi connectivity index (χ1v) is 9.54. The van der Waals surface area contributed by atoms with Crippen molar-refractivity contribution in [3.8, 4) is 0 Å². The first-order valence-electron chi connectivity index (χ1n) is 6.93. The summed E-state index contributed by atoms with van der Waals surface area (Å²) >= 11 is 11.6. The number of hydrogen-bond acceptors (Lipinski definition) is 4. The fourth-order valence-electron chi connectivity index (χ4n) is 2.49. The van der Waals surface area contributed by atoms with Crippen LogP contribution in [0.2, 0.25) is 5.02 Å². The lowest BCUT2D eigenvalue weighted by molar-refractivity contribution is 0.0757. The Kier molecular flexibility index (Phi) is 5.32. The zero-order chi connectivity index (χ0) is 16.5. The summed E-state index contributed by atoms with van der Waals surface area (Å²) in [6, 6.07) is 5.48. The highest BCUT2D eigenvalue weighted by Gasteiger charge is 2.34. The average molecular weight is 362 g/mol. The minimum absolute atomic E-state index is 0.127. The number of hydrogen-bond donors (Lipinski definition) is 1. The van der Waals surface area contributed by atoms with Crippen LogP contribution in [-0.4, -0.2) is 55.2 Å². The van der Waals surface area contributed by atoms with E-state index in [4.69, 9.17) is 23.8 Å². The fourth-order valence-corrected chi connectivity index (χ4v) is 4.80. The molecule has 0 aromatic heterocycles. The first-order chi connectivity index (χ1) is 10.2. The SMILES string of the molecule is Cc1ccc(NC(=S)N([C@@H]2CCS(=O)(=O)C2)N(C)C)cc1Cl. The molecular formula is C14H20ClN3O2S2. The molecule has 5 nitrogen and oxygen atoms in total. The van der Waals surface area contributed by atoms with Crippen molar-refractivity contribution in [2.75, 3.05) is 30.9 Å². The number of hydrazine groups is 1. The second-order valence-electron chi connectivity index (χ2n) is 5.64. The van der Waals surface area contributed by atoms with Gasteiger partial charge in [0.05, 0.1) is 17.5 Å². The van der Waals surface area contributed by atoms with Gasteiger partial charge in [0.15, 0.2) is 14.9 Å². The maximum absolute atomic E-state index is 11.7. The number of nitrogens with one attached hydrogen (secondary N) is 1. The smallest absolute Gasteiger partial charge is 0.188 e. The first kappa shape index (κ1) is 17.5. The van der Waals surface area contributed by atoms with Gasteiger partial charge < -0.3 is 5.32 Å². The molecule has 1 aromatic rings. The Bertz CT molecular complexity index is 677. The number of benzene rings is 1. The Hall–Kier alpha value is -0.890. The second kappa shape index (κ2) is 6.70. The van der Waals surface area contributed by atoms with Gasteiger partial charge in [-0.15, -0.1) is 0 Å². The third-order valence-electron chi connectivity index (χ3n) is 3.62. The quantitative estimate of drug-likeness (QED) is 0.658. The molecule has 0 spiro atoms. The van der Waals surface area contributed by atoms with Gasteiger partial charge in [-0.25, -0.2) is 13.4 Å². The normalized spacial score (nSPS) is 20.1. The molecule has 0 unspecified atom stereocenters. The van der Waals surface area contributed by atoms with E-state index in [1.165, 1.54) is 0 Å². The summed E-state index contributed by atoms with van der Waals surface area (Å²) in [6.45, 7) is 1.93. The van der Waals surface area contributed by atoms with Crippen LogP contribution < -0.4 is 5.32 Å². The number of aryl methyl sites for hydroxylation is 1. The lowest BCUT2D eigenvalue weighted by atomic mass is 10.2. The molecule has 1 aliphatic rings. The summed E-state index contributed by atoms with van der Waals surface area (Å²) in [4.78, 5) is 0. The molecular weight excluding hydrogens is 342 g/mol. The Morgan fingerprint density at radius 3 is 2.59 bits per heavy atom. The molecule has 0 aliphatic carbocycles. The number of nitrogens with zero attached hydrogens (tertiary/aromatic N) is 2. The Morgan fingerprint density at radius 2 is 2.09 bits per heavy atom. The van der Waals surface area contributed by atoms with Gasteiger partial charge in [0.1, 0.15) is 0 Å². The number of sulfone groups is 1. The zero-order valence-electron chi connectivity index (χ0n) is 12.8. The minimum Gasteiger partial charge on any atom is -0.331 e. The van der Waals surface area contributed by atoms with Crippen molar-refractivity contribution in [2.45, 2.75) is 19.4 Å². The van der Waals surface area contributed by atoms with Crippen LogP contribution in [0.5, 0.6) is 0 Å². The van der Waals surface area contributed by atoms with Gasteiger partial charge in [-0.05, 0) is 43.3 Å². The maximum Gasteiger partial charge on any atom is 0.188 e. The van der Waals surface area contributed by atoms with Crippen LogP contribution in [0.15, 0.2) is 18.2 Å². The van der Waals surface area contributed by atoms with Crippen LogP contribution in [0.1, 0.15) is 12.0 Å². The van der Waals surface area contributed by atoms with Crippen molar-refractivity contribution < 1.29 is 8.42 Å². The van der Waals surface area contributed by atoms with E-state index in [9.17, 15) is 8.42 Å². The van der Waals surface area contributed by atoms with Crippen LogP contribution in [-0.2, 0) is 9.84 Å². The molecule has 0 saturated carbocycles. The number of rotatable bonds is 3. The summed E-state index contributed by atoms with van der Waals surface area (Å²) < 4.78 is 23.4. The summed E-state index contributed by atoms with van der Waals surface area (Å²) in [5, 5.41) is 7.89. The van der Waals surface area contributed by atoms with Gasteiger partial charge >= 0.3 is 0 Å². The molecule has 1 fully saturated rings. The standard InChI is InChI=1S/C14H20ClN3O2S2/c1-10-4-5-11(8-13(10)15)16-14(21)18(17(2)3)12-6-7-22(19,20)9-12/h4-5,8,12H,6-7,9H2,1-3H3,(H,16,21)/t12-/m1/s1. The highest BCUT2D eigenvalue weighted by molar-refractivity contribution is 7.91. The molecule has 2 rings (SSSR count). The average Bonchev–Trinajstić information content (AvgIpc) is 2.73. The molecule has 0 bridgehead atoms. The maximum atomic E-state index is 11.7. The van der Waals surface area contributed by atoms with Gasteiger partial charge in [-0.3, -0.25) is 5.01 Å². The molecule has 1 aromatic carbocycles. The van der Waals surface area contributed by atoms with Crippen LogP contribution in [0.25, 0.3) is 0 Å². The number of thiocarbonyl (C=S) groups is 1. The molecule has 1 aliphatic heterocycles. The van der Waals surface area contributed by atoms with Crippen LogP contribution >= 0.6 is 23.8 Å². The summed E-state index contributed by atoms with van der Waals surface area (Å²) in [6.07, 6.45) is 0.580. The Labute approximate surface area is 142 Å². The van der Waals surface area contributed by atoms with Gasteiger partial charge in [0.2, 0.25) is 0 Å². The molecule has 122 valence electrons. The van der Waals surface area contributed by atoms with E-state index in [0.717, 1.165) is 11.3 Å². The molecule has 1 atom stereocenters. The Morgan fingerprint density at radius 1 is 1.41 bits per heavy atom. The van der Waals surface area contributed by atoms with Crippen molar-refractivity contribution in [1.82, 2.24) is 10.0 Å². The van der Waals surface area contributed by atoms with E-state index < -0.39 is 9.84 Å². The fraction of sp³-hybridized carbons (Fsp3) is 0.500. The van der Waals surface area contributed by atoms with E-state index >= 15 is 0 Å². The largest absolute Gasteiger partial charge is 0.331 e. The predicted molar refractivity (Wildman–Crippen MR) is 95.0 cm³/mol. The molecule has 1 heterocycles. The second-order valence-corrected chi connectivity index (χ2v) is 8.67. The molecule has 0 amide bonds. The number of anilines is 1. The molecule has 8 heteroatoms. The van der Waals surface area contributed by atoms with Crippen molar-refractivity contribution >= 4 is 44.5 Å². The van der Waals surface area contributed by atoms with Crippen molar-refractivity contribution in [1.29, 1.82) is 0 Å². The van der Waals surface area contributed by atoms with Crippen molar-refractivity contribution in [2.24, 2.45) is 0 Å². The van der Waals surface area contributed by atoms with Crippen molar-refractivity contribution in [3.05, 3.63) is 28.8 Å². The predicted octanol–water partition coefficient (Wildman–Crippen LogP) is 2.31. The lowest BCUT2D eigenvalue weighted by Gasteiger charge is -2.36. The highest BCUT2D eigenvalue weighted by atomic mass is 35.5. The number of halogens is 1. The summed E-state index contributed by atoms with van der Waals surface area (Å²) in [5.74, 6) is 0.336. The van der Waals surface area contributed by atoms with Crippen LogP contribution in [0, 0.1) is 6.92 Å². The Balaban J connectivity index is 2.15. The van der Waals surface area contributed by atoms with Gasteiger partial charge in [0.25, 0.3) is 0 Å². The zero-order valence-corrected chi connectivity index (χ0v) is 15.2. The molecule has 22 heavy (non-hydrogen) atoms. The van der Waals surface area contributed by atoms with Gasteiger partial charge in [-0.2, -0.15) is 0 Å². The van der Waals surface area contributed by atoms with Gasteiger partial charge in [0, 0.05) is 24.8 Å². The third kappa shape index (κ3) is 4.10. The van der Waals surface area contributed by atoms with Crippen LogP contribution in [0.4, 0.5) is 5.69 Å². The summed E-state index contributed by atoms with van der Waals surface area (Å²) in [5.41, 5.74) is 1.78. The van der Waals surface area contributed by atoms with Gasteiger partial charge in [-0.1, -0.05) is 17.7 Å². The lowest BCUT2D eigenvalue weighted by Crippen LogP contribution is -2.51. The highest BCUT2D eigenvalue weighted by Crippen LogP contribution is 2.23. The van der Waals surface area contributed by atoms with E-state index in [0.29, 0.717) is 16.6 Å². The molecule has 0 radical (unpaired) electrons.